The first-order valence-electron chi connectivity index (χ1n) is 10.7. The molecule has 2 amide bonds. The van der Waals surface area contributed by atoms with Gasteiger partial charge >= 0.3 is 0 Å². The molecule has 33 heavy (non-hydrogen) atoms. The minimum absolute atomic E-state index is 0.00301. The van der Waals surface area contributed by atoms with Crippen LogP contribution in [0, 0.1) is 0 Å². The number of hydrogen-bond donors (Lipinski definition) is 1. The van der Waals surface area contributed by atoms with Crippen molar-refractivity contribution < 1.29 is 26.8 Å². The lowest BCUT2D eigenvalue weighted by molar-refractivity contribution is -0.150. The van der Waals surface area contributed by atoms with Gasteiger partial charge in [-0.05, 0) is 54.8 Å². The van der Waals surface area contributed by atoms with E-state index < -0.39 is 46.4 Å². The average Bonchev–Trinajstić information content (AvgIpc) is 3.11. The van der Waals surface area contributed by atoms with Crippen molar-refractivity contribution in [3.05, 3.63) is 41.4 Å². The summed E-state index contributed by atoms with van der Waals surface area (Å²) in [5, 5.41) is 1.99. The van der Waals surface area contributed by atoms with Gasteiger partial charge in [-0.3, -0.25) is 9.59 Å². The Labute approximate surface area is 195 Å². The number of rotatable bonds is 5. The largest absolute Gasteiger partial charge is 0.335 e. The van der Waals surface area contributed by atoms with Gasteiger partial charge in [-0.2, -0.15) is 4.72 Å². The quantitative estimate of drug-likeness (QED) is 0.685. The topological polar surface area (TPSA) is 86.8 Å². The number of alkyl halides is 2. The van der Waals surface area contributed by atoms with Crippen molar-refractivity contribution >= 4 is 44.2 Å². The highest BCUT2D eigenvalue weighted by Gasteiger charge is 2.43. The highest BCUT2D eigenvalue weighted by molar-refractivity contribution is 7.89. The van der Waals surface area contributed by atoms with Crippen LogP contribution >= 0.6 is 11.6 Å². The van der Waals surface area contributed by atoms with Gasteiger partial charge in [-0.1, -0.05) is 23.7 Å². The normalized spacial score (nSPS) is 22.1. The molecule has 0 saturated carbocycles. The van der Waals surface area contributed by atoms with Crippen LogP contribution in [-0.4, -0.2) is 67.7 Å². The number of likely N-dealkylation sites (tertiary alicyclic amines) is 2. The maximum absolute atomic E-state index is 13.7. The summed E-state index contributed by atoms with van der Waals surface area (Å²) in [4.78, 5) is 28.0. The second kappa shape index (κ2) is 8.81. The van der Waals surface area contributed by atoms with Gasteiger partial charge in [0.15, 0.2) is 0 Å². The number of nitrogens with zero attached hydrogens (tertiary/aromatic N) is 2. The monoisotopic (exact) mass is 499 g/mol. The Morgan fingerprint density at radius 1 is 1.18 bits per heavy atom. The molecule has 2 fully saturated rings. The number of nitrogens with one attached hydrogen (secondary N) is 1. The second-order valence-corrected chi connectivity index (χ2v) is 10.7. The molecule has 7 nitrogen and oxygen atoms in total. The van der Waals surface area contributed by atoms with Crippen LogP contribution in [0.1, 0.15) is 26.2 Å². The molecule has 2 aromatic carbocycles. The molecule has 0 spiro atoms. The van der Waals surface area contributed by atoms with Crippen molar-refractivity contribution in [2.75, 3.05) is 19.6 Å². The summed E-state index contributed by atoms with van der Waals surface area (Å²) in [6.07, 6.45) is 0.105. The number of sulfonamides is 1. The molecule has 0 bridgehead atoms. The Morgan fingerprint density at radius 3 is 2.61 bits per heavy atom. The molecule has 2 atom stereocenters. The van der Waals surface area contributed by atoms with E-state index in [1.807, 2.05) is 0 Å². The number of fused-ring (bicyclic) bond motifs is 1. The molecule has 2 aliphatic heterocycles. The van der Waals surface area contributed by atoms with Crippen LogP contribution in [-0.2, 0) is 19.6 Å². The smallest absolute Gasteiger partial charge is 0.265 e. The average molecular weight is 500 g/mol. The van der Waals surface area contributed by atoms with Crippen LogP contribution in [0.4, 0.5) is 8.78 Å². The number of hydrogen-bond acceptors (Lipinski definition) is 4. The summed E-state index contributed by atoms with van der Waals surface area (Å²) in [6.45, 7) is 1.18. The molecule has 0 aromatic heterocycles. The molecule has 2 aromatic rings. The summed E-state index contributed by atoms with van der Waals surface area (Å²) in [5.74, 6) is -4.04. The first-order valence-corrected chi connectivity index (χ1v) is 12.5. The van der Waals surface area contributed by atoms with Crippen molar-refractivity contribution in [1.29, 1.82) is 0 Å². The maximum Gasteiger partial charge on any atom is 0.265 e. The number of carbonyl (C=O) groups is 2. The number of carbonyl (C=O) groups excluding carboxylic acids is 2. The van der Waals surface area contributed by atoms with Crippen LogP contribution in [0.15, 0.2) is 41.3 Å². The third kappa shape index (κ3) is 4.97. The number of benzene rings is 2. The predicted octanol–water partition coefficient (Wildman–Crippen LogP) is 3.02. The standard InChI is InChI=1S/C22H24ClF2N3O4S/c1-14(20(29)27-9-2-8-22(24,25)13-27)28-10-7-19(21(28)30)26-33(31,32)18-6-4-15-11-17(23)5-3-16(15)12-18/h3-6,11-12,14,19,26H,2,7-10,13H2,1H3/t14-,19-/m0/s1. The lowest BCUT2D eigenvalue weighted by Crippen LogP contribution is -2.54. The van der Waals surface area contributed by atoms with Crippen molar-refractivity contribution in [2.45, 2.75) is 49.1 Å². The fourth-order valence-electron chi connectivity index (χ4n) is 4.36. The van der Waals surface area contributed by atoms with Gasteiger partial charge in [0.05, 0.1) is 11.4 Å². The molecule has 2 heterocycles. The SMILES string of the molecule is C[C@@H](C(=O)N1CCCC(F)(F)C1)N1CC[C@H](NS(=O)(=O)c2ccc3cc(Cl)ccc3c2)C1=O. The minimum atomic E-state index is -4.01. The Bertz CT molecular complexity index is 1210. The molecule has 0 radical (unpaired) electrons. The fraction of sp³-hybridized carbons (Fsp3) is 0.455. The Hall–Kier alpha value is -2.30. The third-order valence-electron chi connectivity index (χ3n) is 6.15. The minimum Gasteiger partial charge on any atom is -0.335 e. The summed E-state index contributed by atoms with van der Waals surface area (Å²) < 4.78 is 55.6. The maximum atomic E-state index is 13.7. The summed E-state index contributed by atoms with van der Waals surface area (Å²) >= 11 is 5.97. The van der Waals surface area contributed by atoms with E-state index in [0.717, 1.165) is 10.3 Å². The zero-order valence-electron chi connectivity index (χ0n) is 17.9. The number of halogens is 3. The van der Waals surface area contributed by atoms with Gasteiger partial charge in [0.2, 0.25) is 21.8 Å². The van der Waals surface area contributed by atoms with Crippen LogP contribution in [0.2, 0.25) is 5.02 Å². The van der Waals surface area contributed by atoms with Crippen LogP contribution in [0.5, 0.6) is 0 Å². The van der Waals surface area contributed by atoms with E-state index in [1.165, 1.54) is 24.0 Å². The molecule has 2 saturated heterocycles. The summed E-state index contributed by atoms with van der Waals surface area (Å²) in [7, 11) is -4.01. The van der Waals surface area contributed by atoms with Gasteiger partial charge in [-0.15, -0.1) is 0 Å². The predicted molar refractivity (Wildman–Crippen MR) is 120 cm³/mol. The zero-order chi connectivity index (χ0) is 24.0. The van der Waals surface area contributed by atoms with Crippen molar-refractivity contribution in [1.82, 2.24) is 14.5 Å². The molecule has 178 valence electrons. The Balaban J connectivity index is 1.45. The lowest BCUT2D eigenvalue weighted by Gasteiger charge is -2.36. The zero-order valence-corrected chi connectivity index (χ0v) is 19.5. The van der Waals surface area contributed by atoms with Gasteiger partial charge in [0.1, 0.15) is 12.1 Å². The van der Waals surface area contributed by atoms with E-state index in [1.54, 1.807) is 24.3 Å². The van der Waals surface area contributed by atoms with Crippen LogP contribution in [0.3, 0.4) is 0 Å². The van der Waals surface area contributed by atoms with Gasteiger partial charge in [0.25, 0.3) is 5.92 Å². The van der Waals surface area contributed by atoms with Crippen molar-refractivity contribution in [3.63, 3.8) is 0 Å². The lowest BCUT2D eigenvalue weighted by atomic mass is 10.1. The van der Waals surface area contributed by atoms with Crippen LogP contribution < -0.4 is 4.72 Å². The fourth-order valence-corrected chi connectivity index (χ4v) is 5.80. The first kappa shape index (κ1) is 23.8. The van der Waals surface area contributed by atoms with Gasteiger partial charge in [-0.25, -0.2) is 17.2 Å². The first-order chi connectivity index (χ1) is 15.5. The molecule has 11 heteroatoms. The second-order valence-electron chi connectivity index (χ2n) is 8.54. The van der Waals surface area contributed by atoms with E-state index in [4.69, 9.17) is 11.6 Å². The number of piperidine rings is 1. The molecule has 1 N–H and O–H groups in total. The molecule has 0 aliphatic carbocycles. The number of amides is 2. The van der Waals surface area contributed by atoms with E-state index in [2.05, 4.69) is 4.72 Å². The van der Waals surface area contributed by atoms with Crippen molar-refractivity contribution in [2.24, 2.45) is 0 Å². The molecule has 4 rings (SSSR count). The van der Waals surface area contributed by atoms with E-state index in [9.17, 15) is 26.8 Å². The molecule has 2 aliphatic rings. The summed E-state index contributed by atoms with van der Waals surface area (Å²) in [5.41, 5.74) is 0. The van der Waals surface area contributed by atoms with Crippen molar-refractivity contribution in [3.8, 4) is 0 Å². The molecule has 0 unspecified atom stereocenters. The highest BCUT2D eigenvalue weighted by atomic mass is 35.5. The summed E-state index contributed by atoms with van der Waals surface area (Å²) in [6, 6.07) is 7.65. The van der Waals surface area contributed by atoms with E-state index in [0.29, 0.717) is 10.4 Å². The molecular weight excluding hydrogens is 476 g/mol. The molecular formula is C22H24ClF2N3O4S. The Morgan fingerprint density at radius 2 is 1.88 bits per heavy atom. The Kier molecular flexibility index (Phi) is 6.36. The highest BCUT2D eigenvalue weighted by Crippen LogP contribution is 2.28. The third-order valence-corrected chi connectivity index (χ3v) is 7.86. The van der Waals surface area contributed by atoms with E-state index >= 15 is 0 Å². The van der Waals surface area contributed by atoms with Crippen LogP contribution in [0.25, 0.3) is 10.8 Å². The van der Waals surface area contributed by atoms with E-state index in [-0.39, 0.29) is 37.2 Å². The van der Waals surface area contributed by atoms with Gasteiger partial charge in [0, 0.05) is 24.5 Å². The van der Waals surface area contributed by atoms with Gasteiger partial charge < -0.3 is 9.80 Å².